The van der Waals surface area contributed by atoms with Crippen LogP contribution in [0.25, 0.3) is 0 Å². The van der Waals surface area contributed by atoms with Crippen molar-refractivity contribution in [2.75, 3.05) is 5.33 Å². The van der Waals surface area contributed by atoms with Crippen molar-refractivity contribution in [2.24, 2.45) is 11.8 Å². The molecule has 1 saturated carbocycles. The maximum Gasteiger partial charge on any atom is 0.0925 e. The first-order chi connectivity index (χ1) is 8.69. The van der Waals surface area contributed by atoms with Gasteiger partial charge in [-0.2, -0.15) is 0 Å². The Morgan fingerprint density at radius 3 is 2.28 bits per heavy atom. The van der Waals surface area contributed by atoms with E-state index in [0.29, 0.717) is 6.10 Å². The van der Waals surface area contributed by atoms with Gasteiger partial charge in [-0.15, -0.1) is 0 Å². The first kappa shape index (κ1) is 14.1. The summed E-state index contributed by atoms with van der Waals surface area (Å²) in [5, 5.41) is 0.871. The van der Waals surface area contributed by atoms with Crippen LogP contribution in [0.4, 0.5) is 0 Å². The van der Waals surface area contributed by atoms with Gasteiger partial charge in [0, 0.05) is 5.33 Å². The predicted molar refractivity (Wildman–Crippen MR) is 80.0 cm³/mol. The number of hydrogen-bond acceptors (Lipinski definition) is 1. The van der Waals surface area contributed by atoms with Crippen LogP contribution in [0.2, 0.25) is 0 Å². The van der Waals surface area contributed by atoms with Gasteiger partial charge < -0.3 is 4.74 Å². The lowest BCUT2D eigenvalue weighted by Crippen LogP contribution is -2.28. The molecule has 0 N–H and O–H groups in total. The van der Waals surface area contributed by atoms with E-state index in [9.17, 15) is 0 Å². The zero-order valence-electron chi connectivity index (χ0n) is 11.3. The first-order valence-corrected chi connectivity index (χ1v) is 8.07. The Kier molecular flexibility index (Phi) is 5.25. The molecule has 0 spiro atoms. The standard InChI is InChI=1S/C16H23BrO/c1-12-8-13(2)10-15(9-12)18-16(11-17)14-6-4-3-5-7-14/h3-7,12-13,15-16H,8-11H2,1-2H3. The van der Waals surface area contributed by atoms with E-state index in [4.69, 9.17) is 4.74 Å². The lowest BCUT2D eigenvalue weighted by molar-refractivity contribution is -0.0401. The smallest absolute Gasteiger partial charge is 0.0925 e. The van der Waals surface area contributed by atoms with Crippen LogP contribution in [0.1, 0.15) is 44.8 Å². The molecule has 1 nitrogen and oxygen atoms in total. The van der Waals surface area contributed by atoms with Crippen molar-refractivity contribution in [3.63, 3.8) is 0 Å². The van der Waals surface area contributed by atoms with Crippen molar-refractivity contribution < 1.29 is 4.74 Å². The normalized spacial score (nSPS) is 30.1. The summed E-state index contributed by atoms with van der Waals surface area (Å²) in [7, 11) is 0. The van der Waals surface area contributed by atoms with Gasteiger partial charge >= 0.3 is 0 Å². The quantitative estimate of drug-likeness (QED) is 0.714. The molecule has 0 saturated heterocycles. The maximum absolute atomic E-state index is 6.32. The molecule has 0 heterocycles. The minimum Gasteiger partial charge on any atom is -0.369 e. The third kappa shape index (κ3) is 3.83. The van der Waals surface area contributed by atoms with Crippen molar-refractivity contribution in [1.29, 1.82) is 0 Å². The van der Waals surface area contributed by atoms with E-state index in [1.165, 1.54) is 24.8 Å². The van der Waals surface area contributed by atoms with E-state index < -0.39 is 0 Å². The van der Waals surface area contributed by atoms with E-state index in [1.54, 1.807) is 0 Å². The molecule has 0 aliphatic heterocycles. The monoisotopic (exact) mass is 310 g/mol. The van der Waals surface area contributed by atoms with Gasteiger partial charge in [0.05, 0.1) is 12.2 Å². The Hall–Kier alpha value is -0.340. The van der Waals surface area contributed by atoms with Crippen molar-refractivity contribution >= 4 is 15.9 Å². The highest BCUT2D eigenvalue weighted by molar-refractivity contribution is 9.09. The molecule has 0 radical (unpaired) electrons. The van der Waals surface area contributed by atoms with Gasteiger partial charge in [-0.25, -0.2) is 0 Å². The van der Waals surface area contributed by atoms with E-state index in [1.807, 2.05) is 0 Å². The average molecular weight is 311 g/mol. The van der Waals surface area contributed by atoms with Crippen LogP contribution in [0, 0.1) is 11.8 Å². The molecule has 0 aromatic heterocycles. The number of halogens is 1. The summed E-state index contributed by atoms with van der Waals surface area (Å²) in [4.78, 5) is 0. The van der Waals surface area contributed by atoms with Gasteiger partial charge in [-0.3, -0.25) is 0 Å². The molecule has 0 bridgehead atoms. The summed E-state index contributed by atoms with van der Waals surface area (Å²) in [5.74, 6) is 1.59. The lowest BCUT2D eigenvalue weighted by Gasteiger charge is -2.33. The van der Waals surface area contributed by atoms with Crippen LogP contribution >= 0.6 is 15.9 Å². The summed E-state index contributed by atoms with van der Waals surface area (Å²) in [6.07, 6.45) is 4.38. The Labute approximate surface area is 119 Å². The molecule has 1 fully saturated rings. The third-order valence-electron chi connectivity index (χ3n) is 3.80. The van der Waals surface area contributed by atoms with Gasteiger partial charge in [0.2, 0.25) is 0 Å². The van der Waals surface area contributed by atoms with Crippen molar-refractivity contribution in [3.8, 4) is 0 Å². The zero-order valence-corrected chi connectivity index (χ0v) is 12.9. The highest BCUT2D eigenvalue weighted by Gasteiger charge is 2.26. The molecule has 3 atom stereocenters. The average Bonchev–Trinajstić information content (AvgIpc) is 2.36. The fourth-order valence-electron chi connectivity index (χ4n) is 3.09. The molecule has 18 heavy (non-hydrogen) atoms. The molecule has 0 amide bonds. The number of ether oxygens (including phenoxy) is 1. The van der Waals surface area contributed by atoms with Gasteiger partial charge in [-0.1, -0.05) is 60.1 Å². The lowest BCUT2D eigenvalue weighted by atomic mass is 9.81. The van der Waals surface area contributed by atoms with Crippen LogP contribution < -0.4 is 0 Å². The Morgan fingerprint density at radius 1 is 1.11 bits per heavy atom. The fourth-order valence-corrected chi connectivity index (χ4v) is 3.61. The molecule has 100 valence electrons. The SMILES string of the molecule is CC1CC(C)CC(OC(CBr)c2ccccc2)C1. The minimum atomic E-state index is 0.189. The first-order valence-electron chi connectivity index (χ1n) is 6.95. The van der Waals surface area contributed by atoms with E-state index >= 15 is 0 Å². The second-order valence-corrected chi connectivity index (χ2v) is 6.38. The van der Waals surface area contributed by atoms with Gasteiger partial charge in [0.25, 0.3) is 0 Å². The Balaban J connectivity index is 1.98. The highest BCUT2D eigenvalue weighted by atomic mass is 79.9. The number of hydrogen-bond donors (Lipinski definition) is 0. The third-order valence-corrected chi connectivity index (χ3v) is 4.39. The fraction of sp³-hybridized carbons (Fsp3) is 0.625. The van der Waals surface area contributed by atoms with Crippen LogP contribution in [-0.4, -0.2) is 11.4 Å². The van der Waals surface area contributed by atoms with Gasteiger partial charge in [0.15, 0.2) is 0 Å². The summed E-state index contributed by atoms with van der Waals surface area (Å²) in [6.45, 7) is 4.69. The Bertz CT molecular complexity index is 341. The molecular weight excluding hydrogens is 288 g/mol. The summed E-state index contributed by atoms with van der Waals surface area (Å²) >= 11 is 3.58. The second-order valence-electron chi connectivity index (χ2n) is 5.73. The van der Waals surface area contributed by atoms with Gasteiger partial charge in [-0.05, 0) is 36.7 Å². The van der Waals surface area contributed by atoms with E-state index in [2.05, 4.69) is 60.1 Å². The second kappa shape index (κ2) is 6.72. The van der Waals surface area contributed by atoms with E-state index in [0.717, 1.165) is 17.2 Å². The maximum atomic E-state index is 6.32. The molecule has 2 rings (SSSR count). The Morgan fingerprint density at radius 2 is 1.72 bits per heavy atom. The summed E-state index contributed by atoms with van der Waals surface area (Å²) in [6, 6.07) is 10.5. The van der Waals surface area contributed by atoms with E-state index in [-0.39, 0.29) is 6.10 Å². The molecular formula is C16H23BrO. The number of alkyl halides is 1. The molecule has 1 aromatic carbocycles. The molecule has 1 aliphatic carbocycles. The predicted octanol–water partition coefficient (Wildman–Crippen LogP) is 4.96. The topological polar surface area (TPSA) is 9.23 Å². The minimum absolute atomic E-state index is 0.189. The molecule has 3 unspecified atom stereocenters. The van der Waals surface area contributed by atoms with Crippen LogP contribution in [-0.2, 0) is 4.74 Å². The summed E-state index contributed by atoms with van der Waals surface area (Å²) in [5.41, 5.74) is 1.28. The van der Waals surface area contributed by atoms with Crippen molar-refractivity contribution in [3.05, 3.63) is 35.9 Å². The zero-order chi connectivity index (χ0) is 13.0. The number of benzene rings is 1. The largest absolute Gasteiger partial charge is 0.369 e. The summed E-state index contributed by atoms with van der Waals surface area (Å²) < 4.78 is 6.32. The van der Waals surface area contributed by atoms with Crippen LogP contribution in [0.15, 0.2) is 30.3 Å². The van der Waals surface area contributed by atoms with Crippen molar-refractivity contribution in [2.45, 2.75) is 45.3 Å². The molecule has 1 aliphatic rings. The van der Waals surface area contributed by atoms with Gasteiger partial charge in [0.1, 0.15) is 0 Å². The van der Waals surface area contributed by atoms with Crippen molar-refractivity contribution in [1.82, 2.24) is 0 Å². The van der Waals surface area contributed by atoms with Crippen LogP contribution in [0.5, 0.6) is 0 Å². The highest BCUT2D eigenvalue weighted by Crippen LogP contribution is 2.33. The van der Waals surface area contributed by atoms with Crippen LogP contribution in [0.3, 0.4) is 0 Å². The number of rotatable bonds is 4. The molecule has 1 aromatic rings. The molecule has 2 heteroatoms.